The first-order valence-corrected chi connectivity index (χ1v) is 6.01. The van der Waals surface area contributed by atoms with Gasteiger partial charge in [0.25, 0.3) is 0 Å². The van der Waals surface area contributed by atoms with Crippen LogP contribution in [0.25, 0.3) is 11.1 Å². The van der Waals surface area contributed by atoms with Gasteiger partial charge in [0, 0.05) is 0 Å². The molecule has 0 nitrogen and oxygen atoms in total. The summed E-state index contributed by atoms with van der Waals surface area (Å²) in [6, 6.07) is 15.4. The van der Waals surface area contributed by atoms with E-state index in [0.29, 0.717) is 0 Å². The summed E-state index contributed by atoms with van der Waals surface area (Å²) in [5.74, 6) is 0. The summed E-state index contributed by atoms with van der Waals surface area (Å²) in [5.41, 5.74) is 5.92. The third-order valence-electron chi connectivity index (χ3n) is 2.85. The van der Waals surface area contributed by atoms with Crippen LogP contribution in [-0.2, 0) is 31.1 Å². The van der Waals surface area contributed by atoms with E-state index in [1.807, 2.05) is 0 Å². The van der Waals surface area contributed by atoms with Gasteiger partial charge in [0.05, 0.1) is 0 Å². The third-order valence-corrected chi connectivity index (χ3v) is 4.00. The number of rotatable bonds is 0. The van der Waals surface area contributed by atoms with Crippen LogP contribution < -0.4 is 3.27 Å². The van der Waals surface area contributed by atoms with Crippen LogP contribution in [0.2, 0.25) is 0 Å². The van der Waals surface area contributed by atoms with Gasteiger partial charge >= 0.3 is 99.1 Å². The summed E-state index contributed by atoms with van der Waals surface area (Å²) in [7, 11) is 0. The zero-order valence-corrected chi connectivity index (χ0v) is 10.2. The predicted molar refractivity (Wildman–Crippen MR) is 54.3 cm³/mol. The molecule has 0 spiro atoms. The molecule has 0 fully saturated rings. The molecule has 0 radical (unpaired) electrons. The molecule has 0 heterocycles. The molecule has 1 aliphatic carbocycles. The van der Waals surface area contributed by atoms with E-state index >= 15 is 0 Å². The summed E-state index contributed by atoms with van der Waals surface area (Å²) in [6.07, 6.45) is 1.13. The Balaban J connectivity index is 2.33. The topological polar surface area (TPSA) is 0 Å². The van der Waals surface area contributed by atoms with E-state index < -0.39 is 0 Å². The SMILES string of the molecule is [Zr][c]1cccc2c1Cc1ccccc1-2. The van der Waals surface area contributed by atoms with Crippen LogP contribution in [0.3, 0.4) is 0 Å². The fourth-order valence-corrected chi connectivity index (χ4v) is 2.94. The molecule has 0 saturated heterocycles. The Labute approximate surface area is 98.8 Å². The molecule has 1 aliphatic rings. The number of benzene rings is 2. The fourth-order valence-electron chi connectivity index (χ4n) is 2.16. The molecule has 2 aromatic rings. The Morgan fingerprint density at radius 3 is 2.57 bits per heavy atom. The second kappa shape index (κ2) is 3.17. The molecule has 65 valence electrons. The van der Waals surface area contributed by atoms with Crippen molar-refractivity contribution in [3.63, 3.8) is 0 Å². The summed E-state index contributed by atoms with van der Waals surface area (Å²) >= 11 is 1.52. The van der Waals surface area contributed by atoms with Crippen LogP contribution in [0, 0.1) is 0 Å². The minimum absolute atomic E-state index is 1.13. The Morgan fingerprint density at radius 2 is 1.64 bits per heavy atom. The summed E-state index contributed by atoms with van der Waals surface area (Å²) < 4.78 is 1.51. The van der Waals surface area contributed by atoms with E-state index in [9.17, 15) is 0 Å². The zero-order valence-electron chi connectivity index (χ0n) is 7.75. The van der Waals surface area contributed by atoms with E-state index in [0.717, 1.165) is 6.42 Å². The Morgan fingerprint density at radius 1 is 0.857 bits per heavy atom. The van der Waals surface area contributed by atoms with Gasteiger partial charge < -0.3 is 0 Å². The van der Waals surface area contributed by atoms with E-state index in [-0.39, 0.29) is 0 Å². The molecule has 14 heavy (non-hydrogen) atoms. The maximum atomic E-state index is 2.24. The molecule has 0 saturated carbocycles. The molecule has 2 aromatic carbocycles. The van der Waals surface area contributed by atoms with E-state index in [4.69, 9.17) is 0 Å². The Hall–Kier alpha value is -0.677. The summed E-state index contributed by atoms with van der Waals surface area (Å²) in [4.78, 5) is 0. The van der Waals surface area contributed by atoms with Gasteiger partial charge in [0.2, 0.25) is 0 Å². The molecule has 1 heteroatoms. The second-order valence-electron chi connectivity index (χ2n) is 3.67. The van der Waals surface area contributed by atoms with Crippen LogP contribution in [0.4, 0.5) is 0 Å². The molecule has 0 atom stereocenters. The van der Waals surface area contributed by atoms with Crippen molar-refractivity contribution in [1.29, 1.82) is 0 Å². The van der Waals surface area contributed by atoms with Crippen LogP contribution in [0.15, 0.2) is 42.5 Å². The van der Waals surface area contributed by atoms with Gasteiger partial charge in [0.1, 0.15) is 0 Å². The fraction of sp³-hybridized carbons (Fsp3) is 0.0769. The van der Waals surface area contributed by atoms with Crippen molar-refractivity contribution in [3.8, 4) is 11.1 Å². The average molecular weight is 256 g/mol. The average Bonchev–Trinajstić information content (AvgIpc) is 2.59. The van der Waals surface area contributed by atoms with E-state index in [1.54, 1.807) is 5.56 Å². The maximum absolute atomic E-state index is 2.24. The van der Waals surface area contributed by atoms with Gasteiger partial charge in [-0.05, 0) is 0 Å². The van der Waals surface area contributed by atoms with E-state index in [1.165, 1.54) is 44.7 Å². The molecule has 0 unspecified atom stereocenters. The van der Waals surface area contributed by atoms with Gasteiger partial charge in [-0.3, -0.25) is 0 Å². The van der Waals surface area contributed by atoms with Crippen LogP contribution in [0.1, 0.15) is 11.1 Å². The van der Waals surface area contributed by atoms with Gasteiger partial charge in [-0.1, -0.05) is 0 Å². The van der Waals surface area contributed by atoms with Crippen molar-refractivity contribution in [1.82, 2.24) is 0 Å². The molecular weight excluding hydrogens is 247 g/mol. The minimum atomic E-state index is 1.13. The number of hydrogen-bond donors (Lipinski definition) is 0. The molecule has 0 aliphatic heterocycles. The van der Waals surface area contributed by atoms with Crippen LogP contribution in [0.5, 0.6) is 0 Å². The van der Waals surface area contributed by atoms with Gasteiger partial charge in [-0.15, -0.1) is 0 Å². The van der Waals surface area contributed by atoms with Crippen molar-refractivity contribution >= 4 is 3.27 Å². The molecule has 0 aromatic heterocycles. The van der Waals surface area contributed by atoms with Crippen LogP contribution >= 0.6 is 0 Å². The molecule has 0 N–H and O–H groups in total. The quantitative estimate of drug-likeness (QED) is 0.579. The van der Waals surface area contributed by atoms with Crippen molar-refractivity contribution in [2.45, 2.75) is 6.42 Å². The molecule has 3 rings (SSSR count). The standard InChI is InChI=1S/C13H9.Zr/c1-3-7-12-10(5-1)9-11-6-2-4-8-13(11)12;/h1-5,7-8H,9H2;. The van der Waals surface area contributed by atoms with Gasteiger partial charge in [-0.2, -0.15) is 0 Å². The summed E-state index contributed by atoms with van der Waals surface area (Å²) in [6.45, 7) is 0. The predicted octanol–water partition coefficient (Wildman–Crippen LogP) is 2.43. The van der Waals surface area contributed by atoms with E-state index in [2.05, 4.69) is 42.5 Å². The van der Waals surface area contributed by atoms with Crippen LogP contribution in [-0.4, -0.2) is 0 Å². The number of fused-ring (bicyclic) bond motifs is 3. The Bertz CT molecular complexity index is 500. The Kier molecular flexibility index (Phi) is 1.95. The third kappa shape index (κ3) is 1.15. The van der Waals surface area contributed by atoms with Crippen molar-refractivity contribution in [3.05, 3.63) is 53.6 Å². The van der Waals surface area contributed by atoms with Crippen molar-refractivity contribution < 1.29 is 24.7 Å². The first-order chi connectivity index (χ1) is 6.86. The van der Waals surface area contributed by atoms with Gasteiger partial charge in [0.15, 0.2) is 0 Å². The monoisotopic (exact) mass is 255 g/mol. The molecule has 0 amide bonds. The second-order valence-corrected chi connectivity index (χ2v) is 4.99. The van der Waals surface area contributed by atoms with Gasteiger partial charge in [-0.25, -0.2) is 0 Å². The molecule has 0 bridgehead atoms. The zero-order chi connectivity index (χ0) is 9.54. The molecular formula is C13H9Zr. The van der Waals surface area contributed by atoms with Crippen molar-refractivity contribution in [2.75, 3.05) is 0 Å². The normalized spacial score (nSPS) is 12.2. The van der Waals surface area contributed by atoms with Crippen molar-refractivity contribution in [2.24, 2.45) is 0 Å². The first kappa shape index (κ1) is 8.62. The first-order valence-electron chi connectivity index (χ1n) is 4.78. The summed E-state index contributed by atoms with van der Waals surface area (Å²) in [5, 5.41) is 0. The number of hydrogen-bond acceptors (Lipinski definition) is 0.